The molecule has 3 nitrogen and oxygen atoms in total. The third kappa shape index (κ3) is 10.1. The molecule has 0 fully saturated rings. The van der Waals surface area contributed by atoms with Crippen molar-refractivity contribution in [3.05, 3.63) is 0 Å². The summed E-state index contributed by atoms with van der Waals surface area (Å²) in [5.74, 6) is 0. The van der Waals surface area contributed by atoms with Crippen molar-refractivity contribution in [2.75, 3.05) is 33.9 Å². The molecule has 0 amide bonds. The van der Waals surface area contributed by atoms with Gasteiger partial charge in [-0.15, -0.1) is 0 Å². The van der Waals surface area contributed by atoms with Gasteiger partial charge < -0.3 is 15.2 Å². The monoisotopic (exact) mass is 189 g/mol. The standard InChI is InChI=1S/C8H23N3Si/c1-4-9-8-10-12-7-5-6-11(2)3/h9-10H,4-8,12H2,1-3H3. The fraction of sp³-hybridized carbons (Fsp3) is 1.00. The van der Waals surface area contributed by atoms with Crippen LogP contribution < -0.4 is 10.3 Å². The molecule has 0 saturated heterocycles. The summed E-state index contributed by atoms with van der Waals surface area (Å²) >= 11 is 0. The van der Waals surface area contributed by atoms with Crippen LogP contribution in [0.15, 0.2) is 0 Å². The normalized spacial score (nSPS) is 12.0. The van der Waals surface area contributed by atoms with E-state index in [9.17, 15) is 0 Å². The van der Waals surface area contributed by atoms with Crippen molar-refractivity contribution < 1.29 is 0 Å². The minimum absolute atomic E-state index is 0.00886. The number of hydrogen-bond donors (Lipinski definition) is 2. The number of nitrogens with zero attached hydrogens (tertiary/aromatic N) is 1. The van der Waals surface area contributed by atoms with Crippen LogP contribution in [0.2, 0.25) is 6.04 Å². The predicted molar refractivity (Wildman–Crippen MR) is 58.2 cm³/mol. The van der Waals surface area contributed by atoms with Crippen molar-refractivity contribution in [1.29, 1.82) is 0 Å². The molecule has 0 radical (unpaired) electrons. The van der Waals surface area contributed by atoms with E-state index in [2.05, 4.69) is 36.2 Å². The fourth-order valence-corrected chi connectivity index (χ4v) is 2.06. The van der Waals surface area contributed by atoms with Gasteiger partial charge in [0.15, 0.2) is 0 Å². The minimum Gasteiger partial charge on any atom is -0.331 e. The largest absolute Gasteiger partial charge is 0.331 e. The van der Waals surface area contributed by atoms with E-state index in [0.29, 0.717) is 0 Å². The molecule has 0 aliphatic heterocycles. The van der Waals surface area contributed by atoms with E-state index in [1.807, 2.05) is 0 Å². The first-order chi connectivity index (χ1) is 5.77. The summed E-state index contributed by atoms with van der Waals surface area (Å²) in [7, 11) is 4.27. The summed E-state index contributed by atoms with van der Waals surface area (Å²) in [6.07, 6.45) is 1.35. The summed E-state index contributed by atoms with van der Waals surface area (Å²) in [4.78, 5) is 5.72. The van der Waals surface area contributed by atoms with Crippen LogP contribution in [-0.2, 0) is 0 Å². The first-order valence-corrected chi connectivity index (χ1v) is 6.54. The van der Waals surface area contributed by atoms with Gasteiger partial charge in [-0.1, -0.05) is 6.92 Å². The van der Waals surface area contributed by atoms with Crippen molar-refractivity contribution in [2.45, 2.75) is 19.4 Å². The summed E-state index contributed by atoms with van der Waals surface area (Å²) in [6.45, 7) is 5.44. The summed E-state index contributed by atoms with van der Waals surface area (Å²) in [5.41, 5.74) is 0. The number of rotatable bonds is 8. The molecule has 0 bridgehead atoms. The molecule has 0 unspecified atom stereocenters. The molecule has 12 heavy (non-hydrogen) atoms. The molecule has 0 aromatic rings. The van der Waals surface area contributed by atoms with Gasteiger partial charge in [-0.25, -0.2) is 0 Å². The fourth-order valence-electron chi connectivity index (χ4n) is 0.980. The van der Waals surface area contributed by atoms with E-state index in [1.165, 1.54) is 19.0 Å². The van der Waals surface area contributed by atoms with Gasteiger partial charge in [0.2, 0.25) is 0 Å². The van der Waals surface area contributed by atoms with Crippen LogP contribution in [0.5, 0.6) is 0 Å². The Balaban J connectivity index is 2.82. The minimum atomic E-state index is 0.00886. The lowest BCUT2D eigenvalue weighted by Gasteiger charge is -2.08. The Morgan fingerprint density at radius 3 is 2.67 bits per heavy atom. The van der Waals surface area contributed by atoms with Crippen molar-refractivity contribution >= 4 is 9.68 Å². The maximum absolute atomic E-state index is 3.47. The van der Waals surface area contributed by atoms with Gasteiger partial charge >= 0.3 is 0 Å². The SMILES string of the molecule is CCNCN[SiH2]CCCN(C)C. The van der Waals surface area contributed by atoms with Gasteiger partial charge in [0, 0.05) is 6.67 Å². The first-order valence-electron chi connectivity index (χ1n) is 4.83. The molecule has 0 spiro atoms. The number of hydrogen-bond acceptors (Lipinski definition) is 3. The summed E-state index contributed by atoms with van der Waals surface area (Å²) in [5, 5.41) is 3.26. The molecular formula is C8H23N3Si. The molecule has 0 aromatic heterocycles. The average molecular weight is 189 g/mol. The van der Waals surface area contributed by atoms with E-state index < -0.39 is 0 Å². The summed E-state index contributed by atoms with van der Waals surface area (Å²) in [6, 6.07) is 1.41. The van der Waals surface area contributed by atoms with Crippen LogP contribution in [0.3, 0.4) is 0 Å². The second-order valence-corrected chi connectivity index (χ2v) is 5.00. The van der Waals surface area contributed by atoms with E-state index >= 15 is 0 Å². The lowest BCUT2D eigenvalue weighted by Crippen LogP contribution is -2.31. The van der Waals surface area contributed by atoms with Crippen LogP contribution in [0, 0.1) is 0 Å². The second kappa shape index (κ2) is 9.19. The Morgan fingerprint density at radius 1 is 1.33 bits per heavy atom. The van der Waals surface area contributed by atoms with Gasteiger partial charge in [-0.05, 0) is 39.6 Å². The zero-order chi connectivity index (χ0) is 9.23. The molecule has 2 N–H and O–H groups in total. The maximum Gasteiger partial charge on any atom is 0.0931 e. The topological polar surface area (TPSA) is 27.3 Å². The van der Waals surface area contributed by atoms with E-state index in [-0.39, 0.29) is 9.68 Å². The van der Waals surface area contributed by atoms with Crippen LogP contribution in [0.1, 0.15) is 13.3 Å². The van der Waals surface area contributed by atoms with Gasteiger partial charge in [-0.2, -0.15) is 0 Å². The second-order valence-electron chi connectivity index (χ2n) is 3.29. The quantitative estimate of drug-likeness (QED) is 0.309. The molecule has 0 atom stereocenters. The Labute approximate surface area is 78.8 Å². The Bertz CT molecular complexity index is 88.4. The highest BCUT2D eigenvalue weighted by Gasteiger charge is 1.90. The average Bonchev–Trinajstić information content (AvgIpc) is 2.02. The zero-order valence-corrected chi connectivity index (χ0v) is 10.1. The summed E-state index contributed by atoms with van der Waals surface area (Å²) < 4.78 is 0. The molecule has 0 heterocycles. The van der Waals surface area contributed by atoms with Gasteiger partial charge in [0.25, 0.3) is 0 Å². The van der Waals surface area contributed by atoms with Crippen LogP contribution in [-0.4, -0.2) is 48.4 Å². The van der Waals surface area contributed by atoms with E-state index in [4.69, 9.17) is 0 Å². The third-order valence-corrected chi connectivity index (χ3v) is 3.17. The molecule has 0 aliphatic rings. The lowest BCUT2D eigenvalue weighted by atomic mass is 10.5. The molecule has 0 rings (SSSR count). The van der Waals surface area contributed by atoms with Gasteiger partial charge in [-0.3, -0.25) is 0 Å². The Morgan fingerprint density at radius 2 is 2.08 bits per heavy atom. The van der Waals surface area contributed by atoms with Crippen molar-refractivity contribution in [2.24, 2.45) is 0 Å². The predicted octanol–water partition coefficient (Wildman–Crippen LogP) is -0.403. The molecule has 74 valence electrons. The third-order valence-electron chi connectivity index (χ3n) is 1.71. The molecule has 4 heteroatoms. The van der Waals surface area contributed by atoms with Crippen LogP contribution in [0.25, 0.3) is 0 Å². The molecule has 0 aliphatic carbocycles. The first kappa shape index (κ1) is 12.1. The van der Waals surface area contributed by atoms with Crippen LogP contribution in [0.4, 0.5) is 0 Å². The Kier molecular flexibility index (Phi) is 9.26. The molecule has 0 saturated carbocycles. The highest BCUT2D eigenvalue weighted by atomic mass is 28.2. The van der Waals surface area contributed by atoms with E-state index in [0.717, 1.165) is 13.2 Å². The van der Waals surface area contributed by atoms with Crippen molar-refractivity contribution in [3.8, 4) is 0 Å². The highest BCUT2D eigenvalue weighted by Crippen LogP contribution is 1.87. The number of nitrogens with one attached hydrogen (secondary N) is 2. The van der Waals surface area contributed by atoms with Crippen molar-refractivity contribution in [3.63, 3.8) is 0 Å². The Hall–Kier alpha value is 0.0969. The van der Waals surface area contributed by atoms with Gasteiger partial charge in [0.1, 0.15) is 0 Å². The smallest absolute Gasteiger partial charge is 0.0931 e. The van der Waals surface area contributed by atoms with E-state index in [1.54, 1.807) is 0 Å². The van der Waals surface area contributed by atoms with Crippen molar-refractivity contribution in [1.82, 2.24) is 15.2 Å². The van der Waals surface area contributed by atoms with Gasteiger partial charge in [0.05, 0.1) is 9.68 Å². The molecule has 0 aromatic carbocycles. The zero-order valence-electron chi connectivity index (χ0n) is 8.69. The maximum atomic E-state index is 3.47. The van der Waals surface area contributed by atoms with Crippen LogP contribution >= 0.6 is 0 Å². The molecular weight excluding hydrogens is 166 g/mol. The highest BCUT2D eigenvalue weighted by molar-refractivity contribution is 6.31. The lowest BCUT2D eigenvalue weighted by molar-refractivity contribution is 0.408.